The van der Waals surface area contributed by atoms with Crippen LogP contribution in [0.15, 0.2) is 42.5 Å². The van der Waals surface area contributed by atoms with Crippen molar-refractivity contribution in [1.29, 1.82) is 0 Å². The summed E-state index contributed by atoms with van der Waals surface area (Å²) >= 11 is 0. The molecule has 4 heteroatoms. The van der Waals surface area contributed by atoms with E-state index in [1.807, 2.05) is 30.3 Å². The van der Waals surface area contributed by atoms with E-state index >= 15 is 0 Å². The SMILES string of the molecule is CCCCOc1cc(O)c2c(c1)OC(c1ccccc1)CC2=O. The number of benzene rings is 2. The van der Waals surface area contributed by atoms with Crippen LogP contribution in [0.5, 0.6) is 17.2 Å². The molecule has 120 valence electrons. The normalized spacial score (nSPS) is 16.6. The molecule has 1 N–H and O–H groups in total. The first kappa shape index (κ1) is 15.4. The number of hydrogen-bond donors (Lipinski definition) is 1. The zero-order valence-corrected chi connectivity index (χ0v) is 13.1. The van der Waals surface area contributed by atoms with Gasteiger partial charge in [0.2, 0.25) is 0 Å². The average Bonchev–Trinajstić information content (AvgIpc) is 2.55. The fraction of sp³-hybridized carbons (Fsp3) is 0.316. The Bertz CT molecular complexity index is 694. The van der Waals surface area contributed by atoms with E-state index in [2.05, 4.69) is 6.92 Å². The number of ketones is 1. The Hall–Kier alpha value is -2.49. The Morgan fingerprint density at radius 2 is 2.04 bits per heavy atom. The summed E-state index contributed by atoms with van der Waals surface area (Å²) in [5, 5.41) is 10.1. The molecule has 1 aliphatic heterocycles. The predicted octanol–water partition coefficient (Wildman–Crippen LogP) is 4.28. The van der Waals surface area contributed by atoms with Crippen molar-refractivity contribution in [3.05, 3.63) is 53.6 Å². The number of Topliss-reactive ketones (excluding diaryl/α,β-unsaturated/α-hetero) is 1. The van der Waals surface area contributed by atoms with Gasteiger partial charge in [-0.2, -0.15) is 0 Å². The van der Waals surface area contributed by atoms with Crippen LogP contribution in [0.4, 0.5) is 0 Å². The third kappa shape index (κ3) is 3.31. The van der Waals surface area contributed by atoms with Crippen molar-refractivity contribution >= 4 is 5.78 Å². The van der Waals surface area contributed by atoms with Gasteiger partial charge in [-0.1, -0.05) is 43.7 Å². The number of ether oxygens (including phenoxy) is 2. The van der Waals surface area contributed by atoms with Crippen LogP contribution in [0, 0.1) is 0 Å². The third-order valence-electron chi connectivity index (χ3n) is 3.91. The number of carbonyl (C=O) groups is 1. The molecule has 3 rings (SSSR count). The molecule has 0 spiro atoms. The Kier molecular flexibility index (Phi) is 4.51. The zero-order valence-electron chi connectivity index (χ0n) is 13.1. The van der Waals surface area contributed by atoms with Gasteiger partial charge in [-0.25, -0.2) is 0 Å². The number of hydrogen-bond acceptors (Lipinski definition) is 4. The fourth-order valence-electron chi connectivity index (χ4n) is 2.69. The maximum Gasteiger partial charge on any atom is 0.174 e. The highest BCUT2D eigenvalue weighted by atomic mass is 16.5. The molecule has 0 aromatic heterocycles. The highest BCUT2D eigenvalue weighted by Crippen LogP contribution is 2.41. The molecule has 0 bridgehead atoms. The van der Waals surface area contributed by atoms with Crippen molar-refractivity contribution in [1.82, 2.24) is 0 Å². The zero-order chi connectivity index (χ0) is 16.2. The van der Waals surface area contributed by atoms with Gasteiger partial charge in [0.15, 0.2) is 5.78 Å². The highest BCUT2D eigenvalue weighted by Gasteiger charge is 2.30. The largest absolute Gasteiger partial charge is 0.507 e. The lowest BCUT2D eigenvalue weighted by molar-refractivity contribution is 0.0844. The van der Waals surface area contributed by atoms with E-state index < -0.39 is 0 Å². The van der Waals surface area contributed by atoms with Crippen LogP contribution in [-0.2, 0) is 0 Å². The molecule has 0 radical (unpaired) electrons. The Morgan fingerprint density at radius 3 is 2.78 bits per heavy atom. The lowest BCUT2D eigenvalue weighted by Crippen LogP contribution is -2.20. The van der Waals surface area contributed by atoms with E-state index in [1.54, 1.807) is 6.07 Å². The van der Waals surface area contributed by atoms with Crippen molar-refractivity contribution in [2.24, 2.45) is 0 Å². The van der Waals surface area contributed by atoms with E-state index in [-0.39, 0.29) is 29.6 Å². The van der Waals surface area contributed by atoms with E-state index in [9.17, 15) is 9.90 Å². The van der Waals surface area contributed by atoms with Gasteiger partial charge in [-0.15, -0.1) is 0 Å². The molecule has 1 unspecified atom stereocenters. The molecule has 23 heavy (non-hydrogen) atoms. The van der Waals surface area contributed by atoms with E-state index in [4.69, 9.17) is 9.47 Å². The smallest absolute Gasteiger partial charge is 0.174 e. The molecule has 0 aliphatic carbocycles. The minimum absolute atomic E-state index is 0.0782. The number of phenols is 1. The monoisotopic (exact) mass is 312 g/mol. The summed E-state index contributed by atoms with van der Waals surface area (Å²) in [6, 6.07) is 12.8. The molecular weight excluding hydrogens is 292 g/mol. The summed E-state index contributed by atoms with van der Waals surface area (Å²) in [7, 11) is 0. The van der Waals surface area contributed by atoms with E-state index in [0.29, 0.717) is 18.1 Å². The number of carbonyl (C=O) groups excluding carboxylic acids is 1. The molecule has 4 nitrogen and oxygen atoms in total. The summed E-state index contributed by atoms with van der Waals surface area (Å²) in [6.45, 7) is 2.66. The van der Waals surface area contributed by atoms with Gasteiger partial charge in [0.05, 0.1) is 13.0 Å². The lowest BCUT2D eigenvalue weighted by Gasteiger charge is -2.26. The van der Waals surface area contributed by atoms with Crippen LogP contribution in [0.2, 0.25) is 0 Å². The Balaban J connectivity index is 1.88. The van der Waals surface area contributed by atoms with E-state index in [1.165, 1.54) is 6.07 Å². The molecule has 2 aromatic rings. The molecule has 0 fully saturated rings. The second-order valence-corrected chi connectivity index (χ2v) is 5.66. The fourth-order valence-corrected chi connectivity index (χ4v) is 2.69. The van der Waals surface area contributed by atoms with Crippen LogP contribution < -0.4 is 9.47 Å². The number of fused-ring (bicyclic) bond motifs is 1. The molecule has 2 aromatic carbocycles. The lowest BCUT2D eigenvalue weighted by atomic mass is 9.95. The van der Waals surface area contributed by atoms with Crippen molar-refractivity contribution in [2.75, 3.05) is 6.61 Å². The maximum atomic E-state index is 12.4. The number of rotatable bonds is 5. The first-order chi connectivity index (χ1) is 11.2. The molecular formula is C19H20O4. The Labute approximate surface area is 135 Å². The second kappa shape index (κ2) is 6.73. The van der Waals surface area contributed by atoms with Gasteiger partial charge in [0.1, 0.15) is 28.9 Å². The van der Waals surface area contributed by atoms with Crippen LogP contribution in [0.3, 0.4) is 0 Å². The third-order valence-corrected chi connectivity index (χ3v) is 3.91. The average molecular weight is 312 g/mol. The van der Waals surface area contributed by atoms with Crippen LogP contribution in [-0.4, -0.2) is 17.5 Å². The highest BCUT2D eigenvalue weighted by molar-refractivity contribution is 6.02. The summed E-state index contributed by atoms with van der Waals surface area (Å²) in [6.07, 6.45) is 1.86. The standard InChI is InChI=1S/C19H20O4/c1-2-3-9-22-14-10-15(20)19-16(21)12-17(23-18(19)11-14)13-7-5-4-6-8-13/h4-8,10-11,17,20H,2-3,9,12H2,1H3. The summed E-state index contributed by atoms with van der Waals surface area (Å²) in [4.78, 5) is 12.4. The minimum atomic E-state index is -0.332. The topological polar surface area (TPSA) is 55.8 Å². The quantitative estimate of drug-likeness (QED) is 0.837. The van der Waals surface area contributed by atoms with Gasteiger partial charge in [0, 0.05) is 12.1 Å². The molecule has 1 aliphatic rings. The first-order valence-corrected chi connectivity index (χ1v) is 7.93. The minimum Gasteiger partial charge on any atom is -0.507 e. The van der Waals surface area contributed by atoms with Crippen LogP contribution in [0.25, 0.3) is 0 Å². The molecule has 0 saturated heterocycles. The summed E-state index contributed by atoms with van der Waals surface area (Å²) in [5.41, 5.74) is 1.20. The predicted molar refractivity (Wildman–Crippen MR) is 87.3 cm³/mol. The number of unbranched alkanes of at least 4 members (excludes halogenated alkanes) is 1. The molecule has 0 amide bonds. The Morgan fingerprint density at radius 1 is 1.26 bits per heavy atom. The summed E-state index contributed by atoms with van der Waals surface area (Å²) < 4.78 is 11.6. The molecule has 0 saturated carbocycles. The van der Waals surface area contributed by atoms with Crippen molar-refractivity contribution < 1.29 is 19.4 Å². The molecule has 1 heterocycles. The van der Waals surface area contributed by atoms with Gasteiger partial charge >= 0.3 is 0 Å². The maximum absolute atomic E-state index is 12.4. The van der Waals surface area contributed by atoms with E-state index in [0.717, 1.165) is 18.4 Å². The van der Waals surface area contributed by atoms with Crippen LogP contribution in [0.1, 0.15) is 48.2 Å². The van der Waals surface area contributed by atoms with Gasteiger partial charge in [-0.3, -0.25) is 4.79 Å². The number of phenolic OH excluding ortho intramolecular Hbond substituents is 1. The van der Waals surface area contributed by atoms with Gasteiger partial charge < -0.3 is 14.6 Å². The van der Waals surface area contributed by atoms with Gasteiger partial charge in [-0.05, 0) is 12.0 Å². The van der Waals surface area contributed by atoms with Crippen molar-refractivity contribution in [2.45, 2.75) is 32.3 Å². The second-order valence-electron chi connectivity index (χ2n) is 5.66. The number of aromatic hydroxyl groups is 1. The summed E-state index contributed by atoms with van der Waals surface area (Å²) in [5.74, 6) is 0.723. The first-order valence-electron chi connectivity index (χ1n) is 7.93. The molecule has 1 atom stereocenters. The van der Waals surface area contributed by atoms with Crippen molar-refractivity contribution in [3.8, 4) is 17.2 Å². The van der Waals surface area contributed by atoms with Crippen LogP contribution >= 0.6 is 0 Å². The van der Waals surface area contributed by atoms with Crippen molar-refractivity contribution in [3.63, 3.8) is 0 Å². The van der Waals surface area contributed by atoms with Gasteiger partial charge in [0.25, 0.3) is 0 Å².